The van der Waals surface area contributed by atoms with Crippen LogP contribution in [0, 0.1) is 0 Å². The maximum atomic E-state index is 13.0. The molecule has 0 radical (unpaired) electrons. The Bertz CT molecular complexity index is 1220. The lowest BCUT2D eigenvalue weighted by molar-refractivity contribution is -0.114. The Balaban J connectivity index is 1.50. The van der Waals surface area contributed by atoms with Gasteiger partial charge < -0.3 is 19.7 Å². The zero-order valence-electron chi connectivity index (χ0n) is 18.6. The number of methoxy groups -OCH3 is 2. The summed E-state index contributed by atoms with van der Waals surface area (Å²) < 4.78 is 10.4. The molecule has 0 saturated carbocycles. The van der Waals surface area contributed by atoms with Crippen LogP contribution in [0.3, 0.4) is 0 Å². The Morgan fingerprint density at radius 2 is 1.76 bits per heavy atom. The summed E-state index contributed by atoms with van der Waals surface area (Å²) in [7, 11) is 4.95. The van der Waals surface area contributed by atoms with Gasteiger partial charge in [0.15, 0.2) is 0 Å². The van der Waals surface area contributed by atoms with Gasteiger partial charge in [0.1, 0.15) is 11.5 Å². The topological polar surface area (TPSA) is 67.9 Å². The molecule has 1 aliphatic heterocycles. The van der Waals surface area contributed by atoms with Gasteiger partial charge in [-0.15, -0.1) is 0 Å². The number of ether oxygens (including phenoxy) is 2. The molecule has 1 aliphatic rings. The third-order valence-electron chi connectivity index (χ3n) is 5.32. The Kier molecular flexibility index (Phi) is 6.70. The van der Waals surface area contributed by atoms with Crippen LogP contribution in [0.1, 0.15) is 21.5 Å². The first-order valence-corrected chi connectivity index (χ1v) is 11.2. The zero-order chi connectivity index (χ0) is 23.4. The first-order valence-electron chi connectivity index (χ1n) is 10.4. The molecule has 2 amide bonds. The highest BCUT2D eigenvalue weighted by Gasteiger charge is 2.27. The summed E-state index contributed by atoms with van der Waals surface area (Å²) in [6.07, 6.45) is 1.85. The number of fused-ring (bicyclic) bond motifs is 1. The number of thioether (sulfide) groups is 1. The van der Waals surface area contributed by atoms with Gasteiger partial charge >= 0.3 is 0 Å². The number of hydrogen-bond acceptors (Lipinski definition) is 5. The van der Waals surface area contributed by atoms with Gasteiger partial charge in [-0.1, -0.05) is 36.0 Å². The van der Waals surface area contributed by atoms with E-state index in [1.165, 1.54) is 11.8 Å². The van der Waals surface area contributed by atoms with E-state index in [1.54, 1.807) is 38.3 Å². The smallest absolute Gasteiger partial charge is 0.264 e. The van der Waals surface area contributed by atoms with Gasteiger partial charge in [0.2, 0.25) is 0 Å². The van der Waals surface area contributed by atoms with Crippen LogP contribution in [0.2, 0.25) is 0 Å². The normalized spacial score (nSPS) is 14.1. The van der Waals surface area contributed by atoms with E-state index in [2.05, 4.69) is 5.32 Å². The highest BCUT2D eigenvalue weighted by atomic mass is 32.2. The van der Waals surface area contributed by atoms with Gasteiger partial charge in [-0.05, 0) is 59.7 Å². The lowest BCUT2D eigenvalue weighted by Crippen LogP contribution is -2.31. The number of anilines is 1. The van der Waals surface area contributed by atoms with E-state index in [-0.39, 0.29) is 11.8 Å². The van der Waals surface area contributed by atoms with Crippen molar-refractivity contribution in [2.75, 3.05) is 26.2 Å². The van der Waals surface area contributed by atoms with Gasteiger partial charge in [-0.3, -0.25) is 9.59 Å². The maximum absolute atomic E-state index is 13.0. The van der Waals surface area contributed by atoms with E-state index in [4.69, 9.17) is 9.47 Å². The average Bonchev–Trinajstić information content (AvgIpc) is 2.86. The van der Waals surface area contributed by atoms with Crippen LogP contribution in [0.4, 0.5) is 5.69 Å². The molecule has 0 bridgehead atoms. The number of amides is 2. The third-order valence-corrected chi connectivity index (χ3v) is 6.40. The van der Waals surface area contributed by atoms with Crippen molar-refractivity contribution in [3.63, 3.8) is 0 Å². The van der Waals surface area contributed by atoms with Gasteiger partial charge in [-0.25, -0.2) is 0 Å². The summed E-state index contributed by atoms with van der Waals surface area (Å²) >= 11 is 1.40. The summed E-state index contributed by atoms with van der Waals surface area (Å²) in [6, 6.07) is 20.5. The first-order chi connectivity index (χ1) is 16.0. The minimum absolute atomic E-state index is 0.119. The second-order valence-corrected chi connectivity index (χ2v) is 8.55. The predicted molar refractivity (Wildman–Crippen MR) is 131 cm³/mol. The highest BCUT2D eigenvalue weighted by Crippen LogP contribution is 2.42. The van der Waals surface area contributed by atoms with E-state index in [1.807, 2.05) is 60.7 Å². The second kappa shape index (κ2) is 9.83. The molecule has 7 heteroatoms. The Morgan fingerprint density at radius 3 is 2.48 bits per heavy atom. The fraction of sp³-hybridized carbons (Fsp3) is 0.154. The number of carbonyl (C=O) groups is 2. The van der Waals surface area contributed by atoms with Crippen LogP contribution < -0.4 is 19.7 Å². The summed E-state index contributed by atoms with van der Waals surface area (Å²) in [6.45, 7) is 0.400. The number of nitrogens with zero attached hydrogens (tertiary/aromatic N) is 1. The van der Waals surface area contributed by atoms with E-state index in [0.717, 1.165) is 27.5 Å². The van der Waals surface area contributed by atoms with Crippen molar-refractivity contribution >= 4 is 35.3 Å². The predicted octanol–water partition coefficient (Wildman–Crippen LogP) is 4.74. The van der Waals surface area contributed by atoms with Crippen LogP contribution in [-0.4, -0.2) is 33.1 Å². The minimum Gasteiger partial charge on any atom is -0.497 e. The van der Waals surface area contributed by atoms with Crippen molar-refractivity contribution < 1.29 is 19.1 Å². The molecule has 33 heavy (non-hydrogen) atoms. The Hall–Kier alpha value is -3.71. The molecule has 0 saturated heterocycles. The van der Waals surface area contributed by atoms with Crippen molar-refractivity contribution in [1.82, 2.24) is 5.32 Å². The number of benzene rings is 3. The van der Waals surface area contributed by atoms with Gasteiger partial charge in [0, 0.05) is 24.1 Å². The molecule has 4 rings (SSSR count). The standard InChI is InChI=1S/C26H24N2O4S/c1-28-22-15-19(25(29)27-16-17-7-10-20(31-2)11-8-17)9-12-23(22)33-24(26(28)30)14-18-5-4-6-21(13-18)32-3/h4-15H,16H2,1-3H3,(H,27,29)/b24-14-. The van der Waals surface area contributed by atoms with Crippen molar-refractivity contribution in [2.24, 2.45) is 0 Å². The fourth-order valence-corrected chi connectivity index (χ4v) is 4.54. The molecule has 0 spiro atoms. The van der Waals surface area contributed by atoms with Crippen LogP contribution in [-0.2, 0) is 11.3 Å². The SMILES string of the molecule is COc1ccc(CNC(=O)c2ccc3c(c2)N(C)C(=O)/C(=C/c2cccc(OC)c2)S3)cc1. The van der Waals surface area contributed by atoms with E-state index in [0.29, 0.717) is 22.7 Å². The summed E-state index contributed by atoms with van der Waals surface area (Å²) in [4.78, 5) is 28.8. The van der Waals surface area contributed by atoms with Gasteiger partial charge in [0.05, 0.1) is 24.8 Å². The number of carbonyl (C=O) groups excluding carboxylic acids is 2. The van der Waals surface area contributed by atoms with Gasteiger partial charge in [0.25, 0.3) is 11.8 Å². The molecule has 0 atom stereocenters. The maximum Gasteiger partial charge on any atom is 0.264 e. The van der Waals surface area contributed by atoms with Crippen LogP contribution in [0.15, 0.2) is 76.5 Å². The molecule has 0 aliphatic carbocycles. The first kappa shape index (κ1) is 22.5. The average molecular weight is 461 g/mol. The second-order valence-electron chi connectivity index (χ2n) is 7.46. The molecule has 1 heterocycles. The summed E-state index contributed by atoms with van der Waals surface area (Å²) in [5.74, 6) is 1.18. The molecule has 3 aromatic carbocycles. The molecular formula is C26H24N2O4S. The molecule has 0 fully saturated rings. The largest absolute Gasteiger partial charge is 0.497 e. The summed E-state index contributed by atoms with van der Waals surface area (Å²) in [5, 5.41) is 2.92. The molecular weight excluding hydrogens is 436 g/mol. The zero-order valence-corrected chi connectivity index (χ0v) is 19.4. The molecule has 168 valence electrons. The molecule has 1 N–H and O–H groups in total. The van der Waals surface area contributed by atoms with E-state index >= 15 is 0 Å². The van der Waals surface area contributed by atoms with E-state index in [9.17, 15) is 9.59 Å². The Morgan fingerprint density at radius 1 is 1.00 bits per heavy atom. The Labute approximate surface area is 197 Å². The highest BCUT2D eigenvalue weighted by molar-refractivity contribution is 8.04. The number of nitrogens with one attached hydrogen (secondary N) is 1. The van der Waals surface area contributed by atoms with Crippen molar-refractivity contribution in [1.29, 1.82) is 0 Å². The number of rotatable bonds is 6. The van der Waals surface area contributed by atoms with Crippen LogP contribution in [0.25, 0.3) is 6.08 Å². The molecule has 3 aromatic rings. The quantitative estimate of drug-likeness (QED) is 0.538. The lowest BCUT2D eigenvalue weighted by atomic mass is 10.1. The van der Waals surface area contributed by atoms with Crippen LogP contribution >= 0.6 is 11.8 Å². The van der Waals surface area contributed by atoms with Crippen molar-refractivity contribution in [2.45, 2.75) is 11.4 Å². The molecule has 0 unspecified atom stereocenters. The monoisotopic (exact) mass is 460 g/mol. The molecule has 0 aromatic heterocycles. The third kappa shape index (κ3) is 5.04. The van der Waals surface area contributed by atoms with Gasteiger partial charge in [-0.2, -0.15) is 0 Å². The van der Waals surface area contributed by atoms with Crippen molar-refractivity contribution in [3.8, 4) is 11.5 Å². The minimum atomic E-state index is -0.197. The molecule has 6 nitrogen and oxygen atoms in total. The lowest BCUT2D eigenvalue weighted by Gasteiger charge is -2.27. The number of hydrogen-bond donors (Lipinski definition) is 1. The van der Waals surface area contributed by atoms with Crippen LogP contribution in [0.5, 0.6) is 11.5 Å². The summed E-state index contributed by atoms with van der Waals surface area (Å²) in [5.41, 5.74) is 3.07. The van der Waals surface area contributed by atoms with Crippen molar-refractivity contribution in [3.05, 3.63) is 88.3 Å². The number of likely N-dealkylation sites (N-methyl/N-ethyl adjacent to an activating group) is 1. The fourth-order valence-electron chi connectivity index (χ4n) is 3.45. The van der Waals surface area contributed by atoms with E-state index < -0.39 is 0 Å².